The van der Waals surface area contributed by atoms with Gasteiger partial charge in [-0.25, -0.2) is 9.97 Å². The smallest absolute Gasteiger partial charge is 0.270 e. The monoisotopic (exact) mass is 310 g/mol. The molecule has 1 heterocycles. The molecule has 1 amide bonds. The fraction of sp³-hybridized carbons (Fsp3) is 0.389. The third-order valence-electron chi connectivity index (χ3n) is 3.98. The van der Waals surface area contributed by atoms with Gasteiger partial charge in [-0.3, -0.25) is 4.79 Å². The number of amides is 1. The second kappa shape index (κ2) is 6.36. The molecule has 23 heavy (non-hydrogen) atoms. The number of hydrogen-bond acceptors (Lipinski definition) is 4. The van der Waals surface area contributed by atoms with E-state index < -0.39 is 0 Å². The molecule has 1 aromatic carbocycles. The van der Waals surface area contributed by atoms with Crippen molar-refractivity contribution in [2.45, 2.75) is 46.1 Å². The van der Waals surface area contributed by atoms with E-state index in [1.54, 1.807) is 13.0 Å². The lowest BCUT2D eigenvalue weighted by Gasteiger charge is -2.14. The first-order valence-corrected chi connectivity index (χ1v) is 8.09. The van der Waals surface area contributed by atoms with Crippen molar-refractivity contribution in [1.82, 2.24) is 15.3 Å². The topological polar surface area (TPSA) is 66.9 Å². The molecular formula is C18H22N4O. The van der Waals surface area contributed by atoms with Gasteiger partial charge < -0.3 is 10.6 Å². The molecule has 3 rings (SSSR count). The Bertz CT molecular complexity index is 738. The van der Waals surface area contributed by atoms with Crippen LogP contribution in [0.5, 0.6) is 0 Å². The molecule has 1 aliphatic rings. The summed E-state index contributed by atoms with van der Waals surface area (Å²) < 4.78 is 0. The summed E-state index contributed by atoms with van der Waals surface area (Å²) >= 11 is 0. The SMILES string of the molecule is CCc1cccc(C)c1Nc1cc(C(=O)NC2CC2)nc(C)n1. The van der Waals surface area contributed by atoms with E-state index in [-0.39, 0.29) is 5.91 Å². The first kappa shape index (κ1) is 15.5. The highest BCUT2D eigenvalue weighted by Crippen LogP contribution is 2.25. The van der Waals surface area contributed by atoms with Crippen LogP contribution in [0.4, 0.5) is 11.5 Å². The van der Waals surface area contributed by atoms with Gasteiger partial charge in [-0.2, -0.15) is 0 Å². The fourth-order valence-electron chi connectivity index (χ4n) is 2.57. The highest BCUT2D eigenvalue weighted by atomic mass is 16.2. The molecule has 0 spiro atoms. The summed E-state index contributed by atoms with van der Waals surface area (Å²) in [6.07, 6.45) is 3.05. The van der Waals surface area contributed by atoms with Crippen LogP contribution in [0.2, 0.25) is 0 Å². The number of para-hydroxylation sites is 1. The van der Waals surface area contributed by atoms with Crippen LogP contribution in [0.3, 0.4) is 0 Å². The number of anilines is 2. The summed E-state index contributed by atoms with van der Waals surface area (Å²) in [4.78, 5) is 20.9. The maximum Gasteiger partial charge on any atom is 0.270 e. The molecule has 2 N–H and O–H groups in total. The van der Waals surface area contributed by atoms with Crippen LogP contribution in [0.1, 0.15) is 47.2 Å². The molecule has 1 aliphatic carbocycles. The van der Waals surface area contributed by atoms with Crippen molar-refractivity contribution in [2.24, 2.45) is 0 Å². The van der Waals surface area contributed by atoms with Crippen LogP contribution in [-0.4, -0.2) is 21.9 Å². The van der Waals surface area contributed by atoms with Crippen molar-refractivity contribution in [2.75, 3.05) is 5.32 Å². The summed E-state index contributed by atoms with van der Waals surface area (Å²) in [7, 11) is 0. The Kier molecular flexibility index (Phi) is 4.28. The number of aromatic nitrogens is 2. The van der Waals surface area contributed by atoms with Crippen LogP contribution < -0.4 is 10.6 Å². The molecule has 5 heteroatoms. The van der Waals surface area contributed by atoms with E-state index in [9.17, 15) is 4.79 Å². The normalized spacial score (nSPS) is 13.7. The van der Waals surface area contributed by atoms with Crippen molar-refractivity contribution in [3.8, 4) is 0 Å². The Balaban J connectivity index is 1.88. The maximum absolute atomic E-state index is 12.2. The third-order valence-corrected chi connectivity index (χ3v) is 3.98. The van der Waals surface area contributed by atoms with Crippen LogP contribution in [0.25, 0.3) is 0 Å². The van der Waals surface area contributed by atoms with Gasteiger partial charge in [0.15, 0.2) is 0 Å². The lowest BCUT2D eigenvalue weighted by atomic mass is 10.1. The Morgan fingerprint density at radius 2 is 2.04 bits per heavy atom. The van der Waals surface area contributed by atoms with Gasteiger partial charge in [0.1, 0.15) is 17.3 Å². The minimum absolute atomic E-state index is 0.124. The van der Waals surface area contributed by atoms with Crippen molar-refractivity contribution >= 4 is 17.4 Å². The maximum atomic E-state index is 12.2. The van der Waals surface area contributed by atoms with Crippen LogP contribution in [0, 0.1) is 13.8 Å². The molecule has 1 aromatic heterocycles. The molecule has 0 radical (unpaired) electrons. The molecular weight excluding hydrogens is 288 g/mol. The van der Waals surface area contributed by atoms with Crippen molar-refractivity contribution in [1.29, 1.82) is 0 Å². The van der Waals surface area contributed by atoms with E-state index in [1.807, 2.05) is 0 Å². The molecule has 120 valence electrons. The minimum atomic E-state index is -0.124. The van der Waals surface area contributed by atoms with Gasteiger partial charge in [-0.1, -0.05) is 25.1 Å². The van der Waals surface area contributed by atoms with Gasteiger partial charge in [0.05, 0.1) is 0 Å². The van der Waals surface area contributed by atoms with Crippen molar-refractivity contribution in [3.63, 3.8) is 0 Å². The van der Waals surface area contributed by atoms with E-state index in [0.717, 1.165) is 30.5 Å². The Morgan fingerprint density at radius 3 is 2.74 bits per heavy atom. The molecule has 5 nitrogen and oxygen atoms in total. The largest absolute Gasteiger partial charge is 0.348 e. The summed E-state index contributed by atoms with van der Waals surface area (Å²) in [5, 5.41) is 6.33. The number of carbonyl (C=O) groups excluding carboxylic acids is 1. The van der Waals surface area contributed by atoms with Crippen LogP contribution in [0.15, 0.2) is 24.3 Å². The zero-order chi connectivity index (χ0) is 16.4. The van der Waals surface area contributed by atoms with E-state index in [0.29, 0.717) is 23.4 Å². The van der Waals surface area contributed by atoms with Gasteiger partial charge in [0.2, 0.25) is 0 Å². The van der Waals surface area contributed by atoms with Crippen LogP contribution in [-0.2, 0) is 6.42 Å². The molecule has 0 bridgehead atoms. The van der Waals surface area contributed by atoms with E-state index >= 15 is 0 Å². The van der Waals surface area contributed by atoms with Crippen molar-refractivity contribution in [3.05, 3.63) is 46.9 Å². The third kappa shape index (κ3) is 3.67. The predicted octanol–water partition coefficient (Wildman–Crippen LogP) is 3.29. The van der Waals surface area contributed by atoms with Gasteiger partial charge in [-0.15, -0.1) is 0 Å². The average molecular weight is 310 g/mol. The zero-order valence-electron chi connectivity index (χ0n) is 13.8. The standard InChI is InChI=1S/C18H22N4O/c1-4-13-7-5-6-11(2)17(13)22-16-10-15(19-12(3)20-16)18(23)21-14-8-9-14/h5-7,10,14H,4,8-9H2,1-3H3,(H,21,23)(H,19,20,22). The second-order valence-electron chi connectivity index (χ2n) is 6.02. The highest BCUT2D eigenvalue weighted by molar-refractivity contribution is 5.93. The minimum Gasteiger partial charge on any atom is -0.348 e. The number of benzene rings is 1. The first-order chi connectivity index (χ1) is 11.1. The predicted molar refractivity (Wildman–Crippen MR) is 91.1 cm³/mol. The number of hydrogen-bond donors (Lipinski definition) is 2. The lowest BCUT2D eigenvalue weighted by molar-refractivity contribution is 0.0945. The Hall–Kier alpha value is -2.43. The molecule has 0 saturated heterocycles. The molecule has 0 unspecified atom stereocenters. The number of nitrogens with one attached hydrogen (secondary N) is 2. The number of nitrogens with zero attached hydrogens (tertiary/aromatic N) is 2. The Morgan fingerprint density at radius 1 is 1.26 bits per heavy atom. The average Bonchev–Trinajstić information content (AvgIpc) is 3.32. The van der Waals surface area contributed by atoms with Crippen molar-refractivity contribution < 1.29 is 4.79 Å². The van der Waals surface area contributed by atoms with Gasteiger partial charge in [-0.05, 0) is 44.2 Å². The van der Waals surface area contributed by atoms with Gasteiger partial charge in [0, 0.05) is 17.8 Å². The molecule has 0 atom stereocenters. The van der Waals surface area contributed by atoms with Crippen LogP contribution >= 0.6 is 0 Å². The number of carbonyl (C=O) groups is 1. The van der Waals surface area contributed by atoms with E-state index in [1.165, 1.54) is 5.56 Å². The zero-order valence-corrected chi connectivity index (χ0v) is 13.8. The highest BCUT2D eigenvalue weighted by Gasteiger charge is 2.24. The molecule has 1 saturated carbocycles. The molecule has 2 aromatic rings. The van der Waals surface area contributed by atoms with E-state index in [4.69, 9.17) is 0 Å². The Labute approximate surface area is 136 Å². The lowest BCUT2D eigenvalue weighted by Crippen LogP contribution is -2.26. The molecule has 1 fully saturated rings. The van der Waals surface area contributed by atoms with Gasteiger partial charge in [0.25, 0.3) is 5.91 Å². The quantitative estimate of drug-likeness (QED) is 0.889. The summed E-state index contributed by atoms with van der Waals surface area (Å²) in [5.74, 6) is 1.12. The van der Waals surface area contributed by atoms with E-state index in [2.05, 4.69) is 52.6 Å². The summed E-state index contributed by atoms with van der Waals surface area (Å²) in [5.41, 5.74) is 3.86. The fourth-order valence-corrected chi connectivity index (χ4v) is 2.57. The summed E-state index contributed by atoms with van der Waals surface area (Å²) in [6.45, 7) is 5.99. The summed E-state index contributed by atoms with van der Waals surface area (Å²) in [6, 6.07) is 8.26. The van der Waals surface area contributed by atoms with Gasteiger partial charge >= 0.3 is 0 Å². The number of rotatable bonds is 5. The second-order valence-corrected chi connectivity index (χ2v) is 6.02. The molecule has 0 aliphatic heterocycles. The number of aryl methyl sites for hydroxylation is 3. The first-order valence-electron chi connectivity index (χ1n) is 8.09.